The lowest BCUT2D eigenvalue weighted by molar-refractivity contribution is -0.159. The van der Waals surface area contributed by atoms with Crippen molar-refractivity contribution >= 4 is 43.4 Å². The molecule has 11 nitrogen and oxygen atoms in total. The van der Waals surface area contributed by atoms with Crippen LogP contribution in [0.15, 0.2) is 5.38 Å². The van der Waals surface area contributed by atoms with E-state index in [9.17, 15) is 24.3 Å². The second kappa shape index (κ2) is 19.6. The normalized spacial score (nSPS) is 18.3. The SMILES string of the molecule is CCCC(=O)OCN(C(=O)[C@@H](NC(=O)[C@H]1CCCCN1C)C(C)CC)[C@H](C[C@@H](O[Si](CC)(CC)CC)c1nc(C(=O)O)cs1)C(C)C. The van der Waals surface area contributed by atoms with Crippen LogP contribution in [0, 0.1) is 11.8 Å². The molecular formula is C34H60N4O7SSi. The number of likely N-dealkylation sites (tertiary alicyclic amines) is 1. The summed E-state index contributed by atoms with van der Waals surface area (Å²) in [5.74, 6) is -2.23. The molecule has 1 unspecified atom stereocenters. The molecule has 0 bridgehead atoms. The third-order valence-corrected chi connectivity index (χ3v) is 15.5. The van der Waals surface area contributed by atoms with Crippen LogP contribution in [0.4, 0.5) is 0 Å². The number of nitrogens with one attached hydrogen (secondary N) is 1. The standard InChI is InChI=1S/C34H60N4O7SSi/c1-10-17-29(39)44-22-38(33(41)30(24(8)11-2)36-31(40)26-18-15-16-19-37(26)9)27(23(6)7)20-28(45-47(12-3,13-4)14-5)32-35-25(21-46-32)34(42)43/h21,23-24,26-28,30H,10-20,22H2,1-9H3,(H,36,40)(H,42,43)/t24?,26-,27-,28-,30+/m1/s1. The summed E-state index contributed by atoms with van der Waals surface area (Å²) in [6.45, 7) is 16.8. The molecule has 1 aliphatic rings. The van der Waals surface area contributed by atoms with Gasteiger partial charge in [0, 0.05) is 17.8 Å². The van der Waals surface area contributed by atoms with Crippen LogP contribution >= 0.6 is 11.3 Å². The molecule has 2 amide bonds. The Morgan fingerprint density at radius 1 is 1.11 bits per heavy atom. The summed E-state index contributed by atoms with van der Waals surface area (Å²) < 4.78 is 12.7. The van der Waals surface area contributed by atoms with Crippen molar-refractivity contribution in [2.75, 3.05) is 20.3 Å². The number of amides is 2. The van der Waals surface area contributed by atoms with Gasteiger partial charge in [0.25, 0.3) is 0 Å². The van der Waals surface area contributed by atoms with Crippen molar-refractivity contribution in [1.82, 2.24) is 20.1 Å². The third-order valence-electron chi connectivity index (χ3n) is 9.92. The summed E-state index contributed by atoms with van der Waals surface area (Å²) in [6.07, 6.45) is 4.02. The number of carboxylic acids is 1. The molecule has 1 saturated heterocycles. The monoisotopic (exact) mass is 696 g/mol. The number of aromatic carboxylic acids is 1. The molecule has 2 N–H and O–H groups in total. The van der Waals surface area contributed by atoms with Crippen LogP contribution in [0.3, 0.4) is 0 Å². The summed E-state index contributed by atoms with van der Waals surface area (Å²) in [4.78, 5) is 60.9. The lowest BCUT2D eigenvalue weighted by Gasteiger charge is -2.41. The van der Waals surface area contributed by atoms with Crippen LogP contribution < -0.4 is 5.32 Å². The molecular weight excluding hydrogens is 637 g/mol. The minimum absolute atomic E-state index is 0.0369. The topological polar surface area (TPSA) is 138 Å². The summed E-state index contributed by atoms with van der Waals surface area (Å²) in [6, 6.07) is 1.07. The van der Waals surface area contributed by atoms with Gasteiger partial charge in [-0.1, -0.05) is 68.2 Å². The predicted octanol–water partition coefficient (Wildman–Crippen LogP) is 6.46. The number of carboxylic acid groups (broad SMARTS) is 1. The Hall–Kier alpha value is -2.35. The van der Waals surface area contributed by atoms with Crippen molar-refractivity contribution in [3.8, 4) is 0 Å². The van der Waals surface area contributed by atoms with Gasteiger partial charge in [-0.05, 0) is 69.2 Å². The Labute approximate surface area is 287 Å². The van der Waals surface area contributed by atoms with E-state index in [0.29, 0.717) is 24.3 Å². The Morgan fingerprint density at radius 3 is 2.28 bits per heavy atom. The number of aromatic nitrogens is 1. The van der Waals surface area contributed by atoms with E-state index in [-0.39, 0.29) is 48.5 Å². The number of piperidine rings is 1. The van der Waals surface area contributed by atoms with E-state index in [4.69, 9.17) is 9.16 Å². The molecule has 0 spiro atoms. The Kier molecular flexibility index (Phi) is 17.0. The largest absolute Gasteiger partial charge is 0.476 e. The Bertz CT molecular complexity index is 1150. The molecule has 2 heterocycles. The van der Waals surface area contributed by atoms with Crippen molar-refractivity contribution in [3.05, 3.63) is 16.1 Å². The third kappa shape index (κ3) is 11.4. The van der Waals surface area contributed by atoms with Gasteiger partial charge in [-0.25, -0.2) is 9.78 Å². The van der Waals surface area contributed by atoms with Gasteiger partial charge in [-0.2, -0.15) is 0 Å². The molecule has 0 saturated carbocycles. The molecule has 1 aliphatic heterocycles. The summed E-state index contributed by atoms with van der Waals surface area (Å²) in [7, 11) is -0.273. The lowest BCUT2D eigenvalue weighted by atomic mass is 9.92. The zero-order valence-corrected chi connectivity index (χ0v) is 32.0. The summed E-state index contributed by atoms with van der Waals surface area (Å²) in [5.41, 5.74) is -0.0369. The quantitative estimate of drug-likeness (QED) is 0.0893. The smallest absolute Gasteiger partial charge is 0.355 e. The molecule has 0 aliphatic carbocycles. The molecule has 13 heteroatoms. The molecule has 268 valence electrons. The molecule has 1 aromatic heterocycles. The number of nitrogens with zero attached hydrogens (tertiary/aromatic N) is 3. The number of thiazole rings is 1. The first-order valence-electron chi connectivity index (χ1n) is 17.6. The minimum Gasteiger partial charge on any atom is -0.476 e. The Morgan fingerprint density at radius 2 is 1.77 bits per heavy atom. The van der Waals surface area contributed by atoms with Gasteiger partial charge in [0.15, 0.2) is 20.7 Å². The fraction of sp³-hybridized carbons (Fsp3) is 0.794. The van der Waals surface area contributed by atoms with Gasteiger partial charge in [0.2, 0.25) is 11.8 Å². The predicted molar refractivity (Wildman–Crippen MR) is 188 cm³/mol. The van der Waals surface area contributed by atoms with E-state index in [2.05, 4.69) is 31.1 Å². The highest BCUT2D eigenvalue weighted by Crippen LogP contribution is 2.36. The van der Waals surface area contributed by atoms with E-state index in [1.54, 1.807) is 4.90 Å². The van der Waals surface area contributed by atoms with Crippen molar-refractivity contribution in [2.24, 2.45) is 11.8 Å². The summed E-state index contributed by atoms with van der Waals surface area (Å²) >= 11 is 1.25. The first-order valence-corrected chi connectivity index (χ1v) is 21.0. The zero-order chi connectivity index (χ0) is 35.3. The number of rotatable bonds is 20. The summed E-state index contributed by atoms with van der Waals surface area (Å²) in [5, 5.41) is 14.8. The molecule has 2 rings (SSSR count). The van der Waals surface area contributed by atoms with Crippen LogP contribution in [0.2, 0.25) is 18.1 Å². The second-order valence-electron chi connectivity index (χ2n) is 13.3. The molecule has 5 atom stereocenters. The highest BCUT2D eigenvalue weighted by Gasteiger charge is 2.41. The number of ether oxygens (including phenoxy) is 1. The average molecular weight is 697 g/mol. The Balaban J connectivity index is 2.58. The highest BCUT2D eigenvalue weighted by molar-refractivity contribution is 7.09. The van der Waals surface area contributed by atoms with Crippen LogP contribution in [0.5, 0.6) is 0 Å². The number of carbonyl (C=O) groups is 4. The van der Waals surface area contributed by atoms with Gasteiger partial charge in [-0.15, -0.1) is 11.3 Å². The second-order valence-corrected chi connectivity index (χ2v) is 19.0. The number of likely N-dealkylation sites (N-methyl/N-ethyl adjacent to an activating group) is 1. The maximum absolute atomic E-state index is 14.7. The van der Waals surface area contributed by atoms with Gasteiger partial charge >= 0.3 is 11.9 Å². The molecule has 1 fully saturated rings. The van der Waals surface area contributed by atoms with E-state index in [0.717, 1.165) is 43.9 Å². The number of hydrogen-bond donors (Lipinski definition) is 2. The van der Waals surface area contributed by atoms with E-state index >= 15 is 0 Å². The van der Waals surface area contributed by atoms with E-state index in [1.807, 2.05) is 46.6 Å². The first-order chi connectivity index (χ1) is 22.3. The maximum Gasteiger partial charge on any atom is 0.355 e. The molecule has 47 heavy (non-hydrogen) atoms. The van der Waals surface area contributed by atoms with Crippen LogP contribution in [0.25, 0.3) is 0 Å². The van der Waals surface area contributed by atoms with Crippen molar-refractivity contribution < 1.29 is 33.4 Å². The molecule has 0 aromatic carbocycles. The van der Waals surface area contributed by atoms with Crippen molar-refractivity contribution in [3.63, 3.8) is 0 Å². The lowest BCUT2D eigenvalue weighted by Crippen LogP contribution is -2.59. The fourth-order valence-electron chi connectivity index (χ4n) is 6.27. The number of carbonyl (C=O) groups excluding carboxylic acids is 3. The van der Waals surface area contributed by atoms with E-state index in [1.165, 1.54) is 16.7 Å². The molecule has 0 radical (unpaired) electrons. The number of hydrogen-bond acceptors (Lipinski definition) is 9. The molecule has 1 aromatic rings. The van der Waals surface area contributed by atoms with Crippen LogP contribution in [-0.4, -0.2) is 90.4 Å². The van der Waals surface area contributed by atoms with E-state index < -0.39 is 38.4 Å². The average Bonchev–Trinajstić information content (AvgIpc) is 3.55. The maximum atomic E-state index is 14.7. The van der Waals surface area contributed by atoms with Crippen molar-refractivity contribution in [1.29, 1.82) is 0 Å². The van der Waals surface area contributed by atoms with Gasteiger partial charge in [-0.3, -0.25) is 19.3 Å². The first kappa shape index (κ1) is 40.8. The van der Waals surface area contributed by atoms with Gasteiger partial charge in [0.1, 0.15) is 11.0 Å². The van der Waals surface area contributed by atoms with Gasteiger partial charge in [0.05, 0.1) is 12.1 Å². The zero-order valence-electron chi connectivity index (χ0n) is 30.2. The fourth-order valence-corrected chi connectivity index (χ4v) is 10.0. The van der Waals surface area contributed by atoms with Crippen LogP contribution in [-0.2, 0) is 23.5 Å². The van der Waals surface area contributed by atoms with Crippen LogP contribution in [0.1, 0.15) is 122 Å². The number of esters is 1. The minimum atomic E-state index is -2.22. The van der Waals surface area contributed by atoms with Gasteiger partial charge < -0.3 is 24.5 Å². The highest BCUT2D eigenvalue weighted by atomic mass is 32.1. The van der Waals surface area contributed by atoms with Crippen molar-refractivity contribution in [2.45, 2.75) is 143 Å².